The van der Waals surface area contributed by atoms with E-state index in [2.05, 4.69) is 6.92 Å². The molecule has 2 N–H and O–H groups in total. The normalized spacial score (nSPS) is 18.0. The van der Waals surface area contributed by atoms with Gasteiger partial charge in [-0.05, 0) is 30.9 Å². The minimum atomic E-state index is 0.157. The van der Waals surface area contributed by atoms with E-state index >= 15 is 0 Å². The molecule has 0 fully saturated rings. The summed E-state index contributed by atoms with van der Waals surface area (Å²) in [5.74, 6) is 0.342. The highest BCUT2D eigenvalue weighted by atomic mass is 16.5. The van der Waals surface area contributed by atoms with Gasteiger partial charge >= 0.3 is 0 Å². The minimum absolute atomic E-state index is 0.157. The van der Waals surface area contributed by atoms with E-state index in [1.807, 2.05) is 6.92 Å². The molecule has 1 aliphatic rings. The monoisotopic (exact) mass is 278 g/mol. The van der Waals surface area contributed by atoms with Crippen molar-refractivity contribution in [3.05, 3.63) is 22.8 Å². The van der Waals surface area contributed by atoms with E-state index in [1.165, 1.54) is 38.2 Å². The van der Waals surface area contributed by atoms with Crippen LogP contribution < -0.4 is 0 Å². The molecule has 3 nitrogen and oxygen atoms in total. The SMILES string of the molecule is CCCCCCC[C@@H]1Cc2c(C)c(O)cc(O)c2CO1. The molecule has 0 bridgehead atoms. The van der Waals surface area contributed by atoms with Gasteiger partial charge in [-0.15, -0.1) is 0 Å². The van der Waals surface area contributed by atoms with Gasteiger partial charge in [-0.3, -0.25) is 0 Å². The molecule has 1 aromatic rings. The zero-order chi connectivity index (χ0) is 14.5. The van der Waals surface area contributed by atoms with Crippen molar-refractivity contribution in [3.63, 3.8) is 0 Å². The Labute approximate surface area is 121 Å². The smallest absolute Gasteiger partial charge is 0.125 e. The highest BCUT2D eigenvalue weighted by molar-refractivity contribution is 5.51. The van der Waals surface area contributed by atoms with Gasteiger partial charge in [0, 0.05) is 11.6 Å². The van der Waals surface area contributed by atoms with E-state index in [4.69, 9.17) is 4.74 Å². The molecule has 0 amide bonds. The van der Waals surface area contributed by atoms with E-state index in [-0.39, 0.29) is 17.6 Å². The molecule has 0 spiro atoms. The quantitative estimate of drug-likeness (QED) is 0.766. The first kappa shape index (κ1) is 15.2. The Morgan fingerprint density at radius 1 is 1.10 bits per heavy atom. The lowest BCUT2D eigenvalue weighted by atomic mass is 9.91. The molecule has 1 aromatic carbocycles. The van der Waals surface area contributed by atoms with Gasteiger partial charge in [-0.25, -0.2) is 0 Å². The number of benzene rings is 1. The topological polar surface area (TPSA) is 49.7 Å². The van der Waals surface area contributed by atoms with Gasteiger partial charge in [0.15, 0.2) is 0 Å². The van der Waals surface area contributed by atoms with E-state index in [1.54, 1.807) is 0 Å². The number of aromatic hydroxyl groups is 2. The molecule has 1 heterocycles. The Balaban J connectivity index is 1.93. The fraction of sp³-hybridized carbons (Fsp3) is 0.647. The van der Waals surface area contributed by atoms with Crippen molar-refractivity contribution >= 4 is 0 Å². The lowest BCUT2D eigenvalue weighted by Crippen LogP contribution is -2.23. The summed E-state index contributed by atoms with van der Waals surface area (Å²) in [5, 5.41) is 19.7. The minimum Gasteiger partial charge on any atom is -0.508 e. The number of phenols is 2. The Kier molecular flexibility index (Phi) is 5.30. The summed E-state index contributed by atoms with van der Waals surface area (Å²) in [5.41, 5.74) is 2.81. The molecule has 0 aliphatic carbocycles. The molecule has 0 saturated carbocycles. The second-order valence-electron chi connectivity index (χ2n) is 5.84. The number of rotatable bonds is 6. The largest absolute Gasteiger partial charge is 0.508 e. The third-order valence-corrected chi connectivity index (χ3v) is 4.31. The van der Waals surface area contributed by atoms with Crippen LogP contribution in [0.4, 0.5) is 0 Å². The molecule has 3 heteroatoms. The zero-order valence-electron chi connectivity index (χ0n) is 12.6. The maximum atomic E-state index is 9.88. The predicted octanol–water partition coefficient (Wildman–Crippen LogP) is 4.21. The average molecular weight is 278 g/mol. The van der Waals surface area contributed by atoms with Crippen LogP contribution in [0.5, 0.6) is 11.5 Å². The van der Waals surface area contributed by atoms with E-state index in [0.717, 1.165) is 29.5 Å². The fourth-order valence-corrected chi connectivity index (χ4v) is 2.95. The van der Waals surface area contributed by atoms with Crippen molar-refractivity contribution in [1.29, 1.82) is 0 Å². The van der Waals surface area contributed by atoms with Gasteiger partial charge in [0.2, 0.25) is 0 Å². The first-order chi connectivity index (χ1) is 9.63. The van der Waals surface area contributed by atoms with Gasteiger partial charge in [-0.2, -0.15) is 0 Å². The molecule has 112 valence electrons. The van der Waals surface area contributed by atoms with Gasteiger partial charge in [0.05, 0.1) is 12.7 Å². The van der Waals surface area contributed by atoms with Crippen molar-refractivity contribution in [2.24, 2.45) is 0 Å². The number of hydrogen-bond donors (Lipinski definition) is 2. The fourth-order valence-electron chi connectivity index (χ4n) is 2.95. The molecule has 0 radical (unpaired) electrons. The molecule has 0 unspecified atom stereocenters. The summed E-state index contributed by atoms with van der Waals surface area (Å²) in [6, 6.07) is 1.42. The molecule has 0 saturated heterocycles. The summed E-state index contributed by atoms with van der Waals surface area (Å²) in [7, 11) is 0. The van der Waals surface area contributed by atoms with Crippen LogP contribution in [0.3, 0.4) is 0 Å². The van der Waals surface area contributed by atoms with Crippen molar-refractivity contribution in [2.45, 2.75) is 71.5 Å². The van der Waals surface area contributed by atoms with Crippen LogP contribution in [0.15, 0.2) is 6.07 Å². The second-order valence-corrected chi connectivity index (χ2v) is 5.84. The second kappa shape index (κ2) is 6.98. The number of phenolic OH excluding ortho intramolecular Hbond substituents is 2. The Hall–Kier alpha value is -1.22. The van der Waals surface area contributed by atoms with Gasteiger partial charge in [0.1, 0.15) is 11.5 Å². The zero-order valence-corrected chi connectivity index (χ0v) is 12.6. The molecular weight excluding hydrogens is 252 g/mol. The van der Waals surface area contributed by atoms with Gasteiger partial charge < -0.3 is 14.9 Å². The highest BCUT2D eigenvalue weighted by Gasteiger charge is 2.24. The Bertz CT molecular complexity index is 454. The summed E-state index contributed by atoms with van der Waals surface area (Å²) < 4.78 is 5.85. The van der Waals surface area contributed by atoms with Crippen LogP contribution in [-0.4, -0.2) is 16.3 Å². The van der Waals surface area contributed by atoms with Crippen molar-refractivity contribution in [3.8, 4) is 11.5 Å². The molecule has 0 aromatic heterocycles. The molecule has 1 atom stereocenters. The van der Waals surface area contributed by atoms with Gasteiger partial charge in [-0.1, -0.05) is 39.0 Å². The lowest BCUT2D eigenvalue weighted by molar-refractivity contribution is 0.0202. The number of hydrogen-bond acceptors (Lipinski definition) is 3. The van der Waals surface area contributed by atoms with Crippen molar-refractivity contribution in [2.75, 3.05) is 0 Å². The van der Waals surface area contributed by atoms with E-state index < -0.39 is 0 Å². The maximum Gasteiger partial charge on any atom is 0.125 e. The van der Waals surface area contributed by atoms with Crippen LogP contribution in [0.25, 0.3) is 0 Å². The Morgan fingerprint density at radius 2 is 1.85 bits per heavy atom. The van der Waals surface area contributed by atoms with E-state index in [0.29, 0.717) is 6.61 Å². The Morgan fingerprint density at radius 3 is 2.60 bits per heavy atom. The number of ether oxygens (including phenoxy) is 1. The average Bonchev–Trinajstić information content (AvgIpc) is 2.44. The predicted molar refractivity (Wildman–Crippen MR) is 80.2 cm³/mol. The third kappa shape index (κ3) is 3.45. The summed E-state index contributed by atoms with van der Waals surface area (Å²) in [6.45, 7) is 4.60. The van der Waals surface area contributed by atoms with Crippen LogP contribution in [0.2, 0.25) is 0 Å². The summed E-state index contributed by atoms with van der Waals surface area (Å²) in [6.07, 6.45) is 8.45. The van der Waals surface area contributed by atoms with Crippen LogP contribution in [-0.2, 0) is 17.8 Å². The van der Waals surface area contributed by atoms with E-state index in [9.17, 15) is 10.2 Å². The van der Waals surface area contributed by atoms with Crippen LogP contribution in [0.1, 0.15) is 62.1 Å². The number of unbranched alkanes of at least 4 members (excludes halogenated alkanes) is 4. The van der Waals surface area contributed by atoms with Crippen LogP contribution in [0, 0.1) is 6.92 Å². The van der Waals surface area contributed by atoms with Gasteiger partial charge in [0.25, 0.3) is 0 Å². The molecule has 1 aliphatic heterocycles. The summed E-state index contributed by atoms with van der Waals surface area (Å²) >= 11 is 0. The first-order valence-corrected chi connectivity index (χ1v) is 7.78. The van der Waals surface area contributed by atoms with Crippen molar-refractivity contribution < 1.29 is 14.9 Å². The number of fused-ring (bicyclic) bond motifs is 1. The highest BCUT2D eigenvalue weighted by Crippen LogP contribution is 2.36. The molecule has 20 heavy (non-hydrogen) atoms. The maximum absolute atomic E-state index is 9.88. The standard InChI is InChI=1S/C17H26O3/c1-3-4-5-6-7-8-13-9-14-12(2)16(18)10-17(19)15(14)11-20-13/h10,13,18-19H,3-9,11H2,1-2H3/t13-/m1/s1. The van der Waals surface area contributed by atoms with Crippen LogP contribution >= 0.6 is 0 Å². The lowest BCUT2D eigenvalue weighted by Gasteiger charge is -2.27. The molecule has 2 rings (SSSR count). The van der Waals surface area contributed by atoms with Crippen molar-refractivity contribution in [1.82, 2.24) is 0 Å². The third-order valence-electron chi connectivity index (χ3n) is 4.31. The first-order valence-electron chi connectivity index (χ1n) is 7.78. The molecular formula is C17H26O3. The summed E-state index contributed by atoms with van der Waals surface area (Å²) in [4.78, 5) is 0.